The minimum Gasteiger partial charge on any atom is -0.313 e. The van der Waals surface area contributed by atoms with Gasteiger partial charge in [-0.2, -0.15) is 0 Å². The topological polar surface area (TPSA) is 24.9 Å². The molecule has 21 heavy (non-hydrogen) atoms. The van der Waals surface area contributed by atoms with Crippen LogP contribution in [0.5, 0.6) is 0 Å². The van der Waals surface area contributed by atoms with Gasteiger partial charge in [-0.15, -0.1) is 11.3 Å². The van der Waals surface area contributed by atoms with E-state index in [2.05, 4.69) is 52.1 Å². The molecule has 108 valence electrons. The molecule has 1 N–H and O–H groups in total. The van der Waals surface area contributed by atoms with Gasteiger partial charge >= 0.3 is 0 Å². The third-order valence-electron chi connectivity index (χ3n) is 3.88. The zero-order chi connectivity index (χ0) is 14.5. The summed E-state index contributed by atoms with van der Waals surface area (Å²) in [6.07, 6.45) is 5.37. The Morgan fingerprint density at radius 3 is 2.95 bits per heavy atom. The molecule has 3 rings (SSSR count). The van der Waals surface area contributed by atoms with Gasteiger partial charge in [-0.1, -0.05) is 24.3 Å². The van der Waals surface area contributed by atoms with Crippen LogP contribution in [0, 0.1) is 0 Å². The van der Waals surface area contributed by atoms with Crippen molar-refractivity contribution in [3.63, 3.8) is 0 Å². The molecule has 0 saturated heterocycles. The van der Waals surface area contributed by atoms with Gasteiger partial charge in [0.25, 0.3) is 0 Å². The second-order valence-corrected chi connectivity index (χ2v) is 6.30. The van der Waals surface area contributed by atoms with E-state index >= 15 is 0 Å². The van der Waals surface area contributed by atoms with E-state index in [1.54, 1.807) is 0 Å². The van der Waals surface area contributed by atoms with Crippen LogP contribution in [-0.4, -0.2) is 12.0 Å². The van der Waals surface area contributed by atoms with E-state index in [0.717, 1.165) is 11.9 Å². The quantitative estimate of drug-likeness (QED) is 0.720. The third-order valence-corrected chi connectivity index (χ3v) is 4.81. The average Bonchev–Trinajstić information content (AvgIpc) is 3.04. The maximum Gasteiger partial charge on any atom is 0.0705 e. The van der Waals surface area contributed by atoms with Crippen LogP contribution in [0.3, 0.4) is 0 Å². The predicted octanol–water partition coefficient (Wildman–Crippen LogP) is 4.58. The van der Waals surface area contributed by atoms with Crippen LogP contribution in [0.4, 0.5) is 0 Å². The minimum atomic E-state index is 0.399. The fourth-order valence-corrected chi connectivity index (χ4v) is 3.46. The molecule has 2 heterocycles. The lowest BCUT2D eigenvalue weighted by Crippen LogP contribution is -2.16. The van der Waals surface area contributed by atoms with Crippen LogP contribution >= 0.6 is 11.3 Å². The van der Waals surface area contributed by atoms with E-state index in [1.807, 2.05) is 30.6 Å². The average molecular weight is 296 g/mol. The van der Waals surface area contributed by atoms with Crippen molar-refractivity contribution in [2.75, 3.05) is 7.05 Å². The van der Waals surface area contributed by atoms with Gasteiger partial charge in [0, 0.05) is 22.5 Å². The van der Waals surface area contributed by atoms with E-state index in [9.17, 15) is 0 Å². The molecule has 0 saturated carbocycles. The minimum absolute atomic E-state index is 0.399. The van der Waals surface area contributed by atoms with Gasteiger partial charge < -0.3 is 5.32 Å². The molecule has 0 aliphatic rings. The summed E-state index contributed by atoms with van der Waals surface area (Å²) in [5, 5.41) is 6.79. The van der Waals surface area contributed by atoms with E-state index < -0.39 is 0 Å². The molecular formula is C18H20N2S. The van der Waals surface area contributed by atoms with Crippen molar-refractivity contribution < 1.29 is 0 Å². The highest BCUT2D eigenvalue weighted by Gasteiger charge is 2.10. The Labute approximate surface area is 129 Å². The number of nitrogens with one attached hydrogen (secondary N) is 1. The first-order valence-electron chi connectivity index (χ1n) is 7.41. The standard InChI is InChI=1S/C18H20N2S/c1-19-17(8-2-6-16-7-4-12-21-16)15-10-9-14-5-3-11-20-18(14)13-15/h3-5,7,9-13,17,19H,2,6,8H2,1H3. The largest absolute Gasteiger partial charge is 0.313 e. The van der Waals surface area contributed by atoms with Crippen LogP contribution < -0.4 is 5.32 Å². The summed E-state index contributed by atoms with van der Waals surface area (Å²) in [6.45, 7) is 0. The molecule has 0 spiro atoms. The van der Waals surface area contributed by atoms with Gasteiger partial charge in [-0.3, -0.25) is 4.98 Å². The summed E-state index contributed by atoms with van der Waals surface area (Å²) < 4.78 is 0. The number of aromatic nitrogens is 1. The monoisotopic (exact) mass is 296 g/mol. The number of hydrogen-bond acceptors (Lipinski definition) is 3. The van der Waals surface area contributed by atoms with Crippen molar-refractivity contribution in [3.8, 4) is 0 Å². The van der Waals surface area contributed by atoms with Crippen molar-refractivity contribution in [3.05, 3.63) is 64.5 Å². The number of rotatable bonds is 6. The molecule has 2 aromatic heterocycles. The van der Waals surface area contributed by atoms with Crippen molar-refractivity contribution >= 4 is 22.2 Å². The Balaban J connectivity index is 1.68. The van der Waals surface area contributed by atoms with E-state index in [-0.39, 0.29) is 0 Å². The van der Waals surface area contributed by atoms with Crippen molar-refractivity contribution in [1.29, 1.82) is 0 Å². The summed E-state index contributed by atoms with van der Waals surface area (Å²) in [4.78, 5) is 5.93. The Bertz CT molecular complexity index is 691. The summed E-state index contributed by atoms with van der Waals surface area (Å²) in [7, 11) is 2.04. The number of aryl methyl sites for hydroxylation is 1. The van der Waals surface area contributed by atoms with Crippen molar-refractivity contribution in [2.24, 2.45) is 0 Å². The smallest absolute Gasteiger partial charge is 0.0705 e. The third kappa shape index (κ3) is 3.49. The number of nitrogens with zero attached hydrogens (tertiary/aromatic N) is 1. The van der Waals surface area contributed by atoms with Gasteiger partial charge in [0.2, 0.25) is 0 Å². The van der Waals surface area contributed by atoms with Gasteiger partial charge in [-0.25, -0.2) is 0 Å². The predicted molar refractivity (Wildman–Crippen MR) is 90.8 cm³/mol. The van der Waals surface area contributed by atoms with Gasteiger partial charge in [0.15, 0.2) is 0 Å². The molecule has 0 bridgehead atoms. The van der Waals surface area contributed by atoms with Gasteiger partial charge in [-0.05, 0) is 55.5 Å². The maximum atomic E-state index is 4.45. The molecular weight excluding hydrogens is 276 g/mol. The van der Waals surface area contributed by atoms with Crippen LogP contribution in [0.2, 0.25) is 0 Å². The Kier molecular flexibility index (Phi) is 4.63. The molecule has 1 atom stereocenters. The highest BCUT2D eigenvalue weighted by molar-refractivity contribution is 7.09. The van der Waals surface area contributed by atoms with Crippen molar-refractivity contribution in [1.82, 2.24) is 10.3 Å². The van der Waals surface area contributed by atoms with E-state index in [0.29, 0.717) is 6.04 Å². The molecule has 0 aliphatic heterocycles. The van der Waals surface area contributed by atoms with Gasteiger partial charge in [0.05, 0.1) is 5.52 Å². The molecule has 1 aromatic carbocycles. The Morgan fingerprint density at radius 1 is 1.19 bits per heavy atom. The van der Waals surface area contributed by atoms with Crippen LogP contribution in [-0.2, 0) is 6.42 Å². The summed E-state index contributed by atoms with van der Waals surface area (Å²) in [5.41, 5.74) is 2.41. The van der Waals surface area contributed by atoms with Crippen LogP contribution in [0.1, 0.15) is 29.3 Å². The summed E-state index contributed by atoms with van der Waals surface area (Å²) >= 11 is 1.85. The molecule has 3 heteroatoms. The van der Waals surface area contributed by atoms with Crippen LogP contribution in [0.15, 0.2) is 54.0 Å². The van der Waals surface area contributed by atoms with Crippen LogP contribution in [0.25, 0.3) is 10.9 Å². The van der Waals surface area contributed by atoms with E-state index in [1.165, 1.54) is 28.7 Å². The SMILES string of the molecule is CNC(CCCc1cccs1)c1ccc2cccnc2c1. The zero-order valence-electron chi connectivity index (χ0n) is 12.3. The lowest BCUT2D eigenvalue weighted by Gasteiger charge is -2.17. The number of benzene rings is 1. The molecule has 0 fully saturated rings. The normalized spacial score (nSPS) is 12.6. The molecule has 3 aromatic rings. The first-order chi connectivity index (χ1) is 10.4. The second kappa shape index (κ2) is 6.83. The number of hydrogen-bond donors (Lipinski definition) is 1. The summed E-state index contributed by atoms with van der Waals surface area (Å²) in [5.74, 6) is 0. The number of fused-ring (bicyclic) bond motifs is 1. The highest BCUT2D eigenvalue weighted by Crippen LogP contribution is 2.23. The Hall–Kier alpha value is -1.71. The molecule has 2 nitrogen and oxygen atoms in total. The lowest BCUT2D eigenvalue weighted by atomic mass is 9.99. The Morgan fingerprint density at radius 2 is 2.14 bits per heavy atom. The first kappa shape index (κ1) is 14.2. The number of thiophene rings is 1. The molecule has 1 unspecified atom stereocenters. The maximum absolute atomic E-state index is 4.45. The lowest BCUT2D eigenvalue weighted by molar-refractivity contribution is 0.528. The second-order valence-electron chi connectivity index (χ2n) is 5.27. The zero-order valence-corrected chi connectivity index (χ0v) is 13.1. The fraction of sp³-hybridized carbons (Fsp3) is 0.278. The summed E-state index contributed by atoms with van der Waals surface area (Å²) in [6, 6.07) is 15.4. The number of pyridine rings is 1. The van der Waals surface area contributed by atoms with Crippen molar-refractivity contribution in [2.45, 2.75) is 25.3 Å². The molecule has 0 amide bonds. The fourth-order valence-electron chi connectivity index (χ4n) is 2.71. The van der Waals surface area contributed by atoms with E-state index in [4.69, 9.17) is 0 Å². The van der Waals surface area contributed by atoms with Gasteiger partial charge in [0.1, 0.15) is 0 Å². The molecule has 0 radical (unpaired) electrons. The highest BCUT2D eigenvalue weighted by atomic mass is 32.1. The first-order valence-corrected chi connectivity index (χ1v) is 8.29. The molecule has 0 aliphatic carbocycles.